The molecule has 0 aliphatic carbocycles. The molecule has 0 bridgehead atoms. The van der Waals surface area contributed by atoms with Crippen molar-refractivity contribution in [2.24, 2.45) is 5.92 Å². The van der Waals surface area contributed by atoms with E-state index in [1.807, 2.05) is 25.3 Å². The number of halogens is 2. The van der Waals surface area contributed by atoms with Crippen molar-refractivity contribution in [2.45, 2.75) is 26.3 Å². The summed E-state index contributed by atoms with van der Waals surface area (Å²) in [5.41, 5.74) is 1.60. The third-order valence-corrected chi connectivity index (χ3v) is 7.13. The van der Waals surface area contributed by atoms with E-state index in [4.69, 9.17) is 16.3 Å². The van der Waals surface area contributed by atoms with Crippen molar-refractivity contribution < 1.29 is 18.7 Å². The Labute approximate surface area is 219 Å². The van der Waals surface area contributed by atoms with Gasteiger partial charge in [0.15, 0.2) is 0 Å². The van der Waals surface area contributed by atoms with Gasteiger partial charge in [-0.1, -0.05) is 37.6 Å². The number of fused-ring (bicyclic) bond motifs is 1. The van der Waals surface area contributed by atoms with E-state index in [9.17, 15) is 14.0 Å². The molecular weight excluding hydrogens is 501 g/mol. The lowest BCUT2D eigenvalue weighted by atomic mass is 10.0. The number of amides is 3. The van der Waals surface area contributed by atoms with E-state index >= 15 is 0 Å². The fourth-order valence-electron chi connectivity index (χ4n) is 4.29. The van der Waals surface area contributed by atoms with Crippen LogP contribution in [0.5, 0.6) is 5.75 Å². The number of nitrogens with zero attached hydrogens (tertiary/aromatic N) is 2. The summed E-state index contributed by atoms with van der Waals surface area (Å²) in [7, 11) is 0. The number of nitrogens with one attached hydrogen (secondary N) is 1. The van der Waals surface area contributed by atoms with Crippen LogP contribution in [0.2, 0.25) is 5.02 Å². The van der Waals surface area contributed by atoms with E-state index in [0.717, 1.165) is 12.0 Å². The second-order valence-electron chi connectivity index (χ2n) is 9.14. The third kappa shape index (κ3) is 6.56. The average molecular weight is 530 g/mol. The van der Waals surface area contributed by atoms with Gasteiger partial charge in [-0.05, 0) is 59.7 Å². The quantitative estimate of drug-likeness (QED) is 0.376. The van der Waals surface area contributed by atoms with Crippen molar-refractivity contribution in [3.8, 4) is 5.75 Å². The molecule has 0 unspecified atom stereocenters. The molecule has 1 aromatic heterocycles. The van der Waals surface area contributed by atoms with Crippen LogP contribution in [0, 0.1) is 11.7 Å². The summed E-state index contributed by atoms with van der Waals surface area (Å²) < 4.78 is 19.5. The summed E-state index contributed by atoms with van der Waals surface area (Å²) in [6, 6.07) is 14.2. The van der Waals surface area contributed by atoms with Gasteiger partial charge in [0.1, 0.15) is 24.7 Å². The molecule has 1 N–H and O–H groups in total. The SMILES string of the molecule is CC(C)CN(CC(=O)N1CCc2sccc2[C@@H]1COc1cccc(F)c1)C(=O)Nc1cccc(Cl)c1. The Kier molecular flexibility index (Phi) is 8.48. The monoisotopic (exact) mass is 529 g/mol. The van der Waals surface area contributed by atoms with Crippen LogP contribution in [0.3, 0.4) is 0 Å². The van der Waals surface area contributed by atoms with Crippen LogP contribution in [-0.4, -0.2) is 48.0 Å². The number of carbonyl (C=O) groups excluding carboxylic acids is 2. The lowest BCUT2D eigenvalue weighted by molar-refractivity contribution is -0.135. The number of ether oxygens (including phenoxy) is 1. The Morgan fingerprint density at radius 3 is 2.78 bits per heavy atom. The van der Waals surface area contributed by atoms with Crippen molar-refractivity contribution >= 4 is 40.6 Å². The van der Waals surface area contributed by atoms with E-state index < -0.39 is 0 Å². The van der Waals surface area contributed by atoms with Crippen molar-refractivity contribution in [3.05, 3.63) is 81.3 Å². The minimum atomic E-state index is -0.379. The number of urea groups is 1. The van der Waals surface area contributed by atoms with Gasteiger partial charge in [0.05, 0.1) is 6.04 Å². The highest BCUT2D eigenvalue weighted by atomic mass is 35.5. The number of anilines is 1. The van der Waals surface area contributed by atoms with Crippen LogP contribution in [0.15, 0.2) is 60.0 Å². The first-order chi connectivity index (χ1) is 17.3. The fraction of sp³-hybridized carbons (Fsp3) is 0.333. The normalized spacial score (nSPS) is 14.9. The summed E-state index contributed by atoms with van der Waals surface area (Å²) in [5, 5.41) is 5.37. The molecular formula is C27H29ClFN3O3S. The molecule has 36 heavy (non-hydrogen) atoms. The minimum absolute atomic E-state index is 0.0689. The van der Waals surface area contributed by atoms with Crippen LogP contribution in [-0.2, 0) is 11.2 Å². The fourth-order valence-corrected chi connectivity index (χ4v) is 5.41. The molecule has 2 aromatic carbocycles. The summed E-state index contributed by atoms with van der Waals surface area (Å²) in [4.78, 5) is 31.2. The molecule has 1 aliphatic heterocycles. The molecule has 1 aliphatic rings. The smallest absolute Gasteiger partial charge is 0.322 e. The lowest BCUT2D eigenvalue weighted by Gasteiger charge is -2.37. The second-order valence-corrected chi connectivity index (χ2v) is 10.6. The zero-order chi connectivity index (χ0) is 25.7. The Morgan fingerprint density at radius 1 is 1.22 bits per heavy atom. The first kappa shape index (κ1) is 26.0. The first-order valence-electron chi connectivity index (χ1n) is 11.9. The maximum atomic E-state index is 13.6. The predicted octanol–water partition coefficient (Wildman–Crippen LogP) is 6.24. The van der Waals surface area contributed by atoms with Gasteiger partial charge in [-0.25, -0.2) is 9.18 Å². The van der Waals surface area contributed by atoms with Gasteiger partial charge < -0.3 is 19.9 Å². The summed E-state index contributed by atoms with van der Waals surface area (Å²) >= 11 is 7.71. The van der Waals surface area contributed by atoms with Gasteiger partial charge >= 0.3 is 6.03 Å². The topological polar surface area (TPSA) is 61.9 Å². The average Bonchev–Trinajstić information content (AvgIpc) is 3.31. The van der Waals surface area contributed by atoms with Gasteiger partial charge in [-0.3, -0.25) is 4.79 Å². The van der Waals surface area contributed by atoms with Gasteiger partial charge in [-0.2, -0.15) is 0 Å². The number of rotatable bonds is 8. The Balaban J connectivity index is 1.50. The molecule has 0 radical (unpaired) electrons. The first-order valence-corrected chi connectivity index (χ1v) is 13.1. The van der Waals surface area contributed by atoms with Crippen molar-refractivity contribution in [1.29, 1.82) is 0 Å². The molecule has 0 saturated heterocycles. The maximum absolute atomic E-state index is 13.6. The molecule has 190 valence electrons. The van der Waals surface area contributed by atoms with Crippen LogP contribution < -0.4 is 10.1 Å². The van der Waals surface area contributed by atoms with Gasteiger partial charge in [-0.15, -0.1) is 11.3 Å². The molecule has 0 saturated carbocycles. The highest BCUT2D eigenvalue weighted by Crippen LogP contribution is 2.34. The summed E-state index contributed by atoms with van der Waals surface area (Å²) in [5.74, 6) is 0.0314. The van der Waals surface area contributed by atoms with E-state index in [1.165, 1.54) is 21.9 Å². The van der Waals surface area contributed by atoms with Crippen LogP contribution in [0.4, 0.5) is 14.9 Å². The van der Waals surface area contributed by atoms with Gasteiger partial charge in [0, 0.05) is 34.7 Å². The molecule has 6 nitrogen and oxygen atoms in total. The molecule has 0 fully saturated rings. The number of hydrogen-bond acceptors (Lipinski definition) is 4. The summed E-state index contributed by atoms with van der Waals surface area (Å²) in [6.07, 6.45) is 0.744. The molecule has 3 amide bonds. The van der Waals surface area contributed by atoms with Crippen LogP contribution in [0.25, 0.3) is 0 Å². The molecule has 9 heteroatoms. The molecule has 4 rings (SSSR count). The standard InChI is InChI=1S/C27H29ClFN3O3S/c1-18(2)15-31(27(34)30-21-7-3-5-19(28)13-21)16-26(33)32-11-9-25-23(10-12-36-25)24(32)17-35-22-8-4-6-20(29)14-22/h3-8,10,12-14,18,24H,9,11,15-17H2,1-2H3,(H,30,34)/t24-/m0/s1. The highest BCUT2D eigenvalue weighted by molar-refractivity contribution is 7.10. The van der Waals surface area contributed by atoms with Crippen LogP contribution >= 0.6 is 22.9 Å². The van der Waals surface area contributed by atoms with Crippen LogP contribution in [0.1, 0.15) is 30.3 Å². The van der Waals surface area contributed by atoms with E-state index in [1.54, 1.807) is 52.6 Å². The highest BCUT2D eigenvalue weighted by Gasteiger charge is 2.33. The number of benzene rings is 2. The zero-order valence-corrected chi connectivity index (χ0v) is 21.8. The Hall–Kier alpha value is -3.10. The number of hydrogen-bond donors (Lipinski definition) is 1. The maximum Gasteiger partial charge on any atom is 0.322 e. The Morgan fingerprint density at radius 2 is 2.03 bits per heavy atom. The molecule has 1 atom stereocenters. The van der Waals surface area contributed by atoms with Crippen molar-refractivity contribution in [1.82, 2.24) is 9.80 Å². The lowest BCUT2D eigenvalue weighted by Crippen LogP contribution is -2.49. The third-order valence-electron chi connectivity index (χ3n) is 5.89. The van der Waals surface area contributed by atoms with Crippen molar-refractivity contribution in [3.63, 3.8) is 0 Å². The largest absolute Gasteiger partial charge is 0.491 e. The van der Waals surface area contributed by atoms with Crippen molar-refractivity contribution in [2.75, 3.05) is 31.6 Å². The van der Waals surface area contributed by atoms with E-state index in [0.29, 0.717) is 29.5 Å². The molecule has 3 aromatic rings. The van der Waals surface area contributed by atoms with Gasteiger partial charge in [0.25, 0.3) is 0 Å². The molecule has 2 heterocycles. The minimum Gasteiger partial charge on any atom is -0.491 e. The summed E-state index contributed by atoms with van der Waals surface area (Å²) in [6.45, 7) is 5.06. The number of carbonyl (C=O) groups is 2. The van der Waals surface area contributed by atoms with Gasteiger partial charge in [0.2, 0.25) is 5.91 Å². The Bertz CT molecular complexity index is 1220. The number of thiophene rings is 1. The zero-order valence-electron chi connectivity index (χ0n) is 20.2. The predicted molar refractivity (Wildman–Crippen MR) is 141 cm³/mol. The van der Waals surface area contributed by atoms with E-state index in [2.05, 4.69) is 5.32 Å². The molecule has 0 spiro atoms. The van der Waals surface area contributed by atoms with E-state index in [-0.39, 0.29) is 42.9 Å². The second kappa shape index (κ2) is 11.8.